The summed E-state index contributed by atoms with van der Waals surface area (Å²) in [5.41, 5.74) is 1.84. The number of carbonyl (C=O) groups excluding carboxylic acids is 3. The van der Waals surface area contributed by atoms with Gasteiger partial charge in [0.1, 0.15) is 6.61 Å². The van der Waals surface area contributed by atoms with E-state index in [0.29, 0.717) is 17.8 Å². The molecule has 0 heterocycles. The number of rotatable bonds is 5. The molecule has 0 N–H and O–H groups in total. The van der Waals surface area contributed by atoms with Crippen LogP contribution in [-0.2, 0) is 35.2 Å². The molecule has 0 atom stereocenters. The van der Waals surface area contributed by atoms with Crippen molar-refractivity contribution in [1.29, 1.82) is 0 Å². The van der Waals surface area contributed by atoms with Gasteiger partial charge in [-0.25, -0.2) is 14.4 Å². The van der Waals surface area contributed by atoms with Crippen molar-refractivity contribution in [2.75, 3.05) is 14.2 Å². The Hall–Kier alpha value is -3.15. The largest absolute Gasteiger partial charge is 0.466 e. The molecule has 0 saturated heterocycles. The van der Waals surface area contributed by atoms with Crippen molar-refractivity contribution in [3.8, 4) is 0 Å². The van der Waals surface area contributed by atoms with E-state index in [4.69, 9.17) is 4.74 Å². The first-order valence-electron chi connectivity index (χ1n) is 7.50. The number of hydrogen-bond acceptors (Lipinski definition) is 6. The molecule has 0 bridgehead atoms. The van der Waals surface area contributed by atoms with Crippen molar-refractivity contribution in [3.63, 3.8) is 0 Å². The normalized spacial score (nSPS) is 8.31. The van der Waals surface area contributed by atoms with Crippen LogP contribution >= 0.6 is 0 Å². The van der Waals surface area contributed by atoms with Crippen LogP contribution in [0, 0.1) is 0 Å². The molecular weight excluding hydrogens is 336 g/mol. The third kappa shape index (κ3) is 14.4. The number of esters is 3. The second-order valence-corrected chi connectivity index (χ2v) is 4.84. The molecule has 6 heteroatoms. The fraction of sp³-hybridized carbons (Fsp3) is 0.250. The maximum atomic E-state index is 11.0. The lowest BCUT2D eigenvalue weighted by Crippen LogP contribution is -2.04. The van der Waals surface area contributed by atoms with Crippen LogP contribution in [0.4, 0.5) is 0 Å². The summed E-state index contributed by atoms with van der Waals surface area (Å²) >= 11 is 0. The summed E-state index contributed by atoms with van der Waals surface area (Å²) < 4.78 is 13.4. The van der Waals surface area contributed by atoms with Crippen molar-refractivity contribution in [3.05, 3.63) is 72.9 Å². The number of benzene rings is 1. The van der Waals surface area contributed by atoms with Gasteiger partial charge in [-0.05, 0) is 19.4 Å². The Kier molecular flexibility index (Phi) is 14.8. The maximum absolute atomic E-state index is 11.0. The third-order valence-electron chi connectivity index (χ3n) is 2.46. The Morgan fingerprint density at radius 3 is 1.69 bits per heavy atom. The first-order valence-corrected chi connectivity index (χ1v) is 7.50. The molecule has 142 valence electrons. The Balaban J connectivity index is 0. The molecule has 1 rings (SSSR count). The van der Waals surface area contributed by atoms with Gasteiger partial charge in [-0.1, -0.05) is 50.1 Å². The quantitative estimate of drug-likeness (QED) is 0.454. The molecule has 0 unspecified atom stereocenters. The van der Waals surface area contributed by atoms with Gasteiger partial charge in [0.05, 0.1) is 14.2 Å². The molecule has 0 spiro atoms. The van der Waals surface area contributed by atoms with Crippen LogP contribution in [0.25, 0.3) is 0 Å². The Labute approximate surface area is 154 Å². The highest BCUT2D eigenvalue weighted by Gasteiger charge is 2.02. The van der Waals surface area contributed by atoms with Crippen LogP contribution in [0.1, 0.15) is 19.4 Å². The van der Waals surface area contributed by atoms with Crippen LogP contribution < -0.4 is 0 Å². The summed E-state index contributed by atoms with van der Waals surface area (Å²) in [5, 5.41) is 0. The van der Waals surface area contributed by atoms with Crippen LogP contribution in [-0.4, -0.2) is 32.1 Å². The molecule has 0 saturated carbocycles. The van der Waals surface area contributed by atoms with Crippen molar-refractivity contribution >= 4 is 17.9 Å². The van der Waals surface area contributed by atoms with Crippen LogP contribution in [0.3, 0.4) is 0 Å². The van der Waals surface area contributed by atoms with Crippen molar-refractivity contribution in [1.82, 2.24) is 0 Å². The van der Waals surface area contributed by atoms with E-state index in [1.54, 1.807) is 13.8 Å². The lowest BCUT2D eigenvalue weighted by molar-refractivity contribution is -0.140. The molecule has 6 nitrogen and oxygen atoms in total. The zero-order valence-electron chi connectivity index (χ0n) is 15.7. The van der Waals surface area contributed by atoms with Gasteiger partial charge in [-0.15, -0.1) is 0 Å². The lowest BCUT2D eigenvalue weighted by atomic mass is 10.2. The summed E-state index contributed by atoms with van der Waals surface area (Å²) in [7, 11) is 2.64. The van der Waals surface area contributed by atoms with Gasteiger partial charge in [-0.3, -0.25) is 0 Å². The SMILES string of the molecule is C=C(C)C(=O)OC.C=C(C)C(=O)OCc1ccccc1.C=CC(=O)OC. The predicted molar refractivity (Wildman–Crippen MR) is 100 cm³/mol. The molecule has 0 aliphatic heterocycles. The summed E-state index contributed by atoms with van der Waals surface area (Å²) in [6.07, 6.45) is 1.11. The average molecular weight is 362 g/mol. The first-order chi connectivity index (χ1) is 12.2. The monoisotopic (exact) mass is 362 g/mol. The fourth-order valence-corrected chi connectivity index (χ4v) is 1.10. The standard InChI is InChI=1S/C11H12O2.C5H8O2.C4H6O2/c1-9(2)11(12)13-8-10-6-4-3-5-7-10;1-4(2)5(6)7-3;1-3-4(5)6-2/h3-7H,1,8H2,2H3;1H2,2-3H3;3H,1H2,2H3. The highest BCUT2D eigenvalue weighted by molar-refractivity contribution is 5.87. The molecule has 0 radical (unpaired) electrons. The van der Waals surface area contributed by atoms with E-state index in [2.05, 4.69) is 29.2 Å². The van der Waals surface area contributed by atoms with Gasteiger partial charge in [-0.2, -0.15) is 0 Å². The van der Waals surface area contributed by atoms with Gasteiger partial charge in [0.2, 0.25) is 0 Å². The molecule has 0 fully saturated rings. The smallest absolute Gasteiger partial charge is 0.333 e. The van der Waals surface area contributed by atoms with E-state index in [1.165, 1.54) is 14.2 Å². The molecule has 1 aromatic carbocycles. The van der Waals surface area contributed by atoms with Crippen molar-refractivity contribution in [2.45, 2.75) is 20.5 Å². The molecular formula is C20H26O6. The van der Waals surface area contributed by atoms with Gasteiger partial charge in [0.25, 0.3) is 0 Å². The van der Waals surface area contributed by atoms with Crippen molar-refractivity contribution < 1.29 is 28.6 Å². The Bertz CT molecular complexity index is 616. The number of methoxy groups -OCH3 is 2. The van der Waals surface area contributed by atoms with Gasteiger partial charge in [0, 0.05) is 17.2 Å². The van der Waals surface area contributed by atoms with E-state index in [1.807, 2.05) is 30.3 Å². The fourth-order valence-electron chi connectivity index (χ4n) is 1.10. The number of ether oxygens (including phenoxy) is 3. The molecule has 0 aromatic heterocycles. The zero-order chi connectivity index (χ0) is 20.5. The minimum atomic E-state index is -0.394. The summed E-state index contributed by atoms with van der Waals surface area (Å²) in [5.74, 6) is -1.08. The first kappa shape index (κ1) is 25.1. The molecule has 1 aromatic rings. The van der Waals surface area contributed by atoms with Crippen molar-refractivity contribution in [2.24, 2.45) is 0 Å². The third-order valence-corrected chi connectivity index (χ3v) is 2.46. The summed E-state index contributed by atoms with van der Waals surface area (Å²) in [4.78, 5) is 31.0. The Morgan fingerprint density at radius 2 is 1.42 bits per heavy atom. The number of carbonyl (C=O) groups is 3. The lowest BCUT2D eigenvalue weighted by Gasteiger charge is -2.03. The molecule has 0 aliphatic rings. The van der Waals surface area contributed by atoms with Gasteiger partial charge >= 0.3 is 17.9 Å². The number of hydrogen-bond donors (Lipinski definition) is 0. The zero-order valence-corrected chi connectivity index (χ0v) is 15.7. The van der Waals surface area contributed by atoms with E-state index < -0.39 is 5.97 Å². The van der Waals surface area contributed by atoms with Crippen LogP contribution in [0.5, 0.6) is 0 Å². The second kappa shape index (κ2) is 15.4. The highest BCUT2D eigenvalue weighted by Crippen LogP contribution is 2.02. The maximum Gasteiger partial charge on any atom is 0.333 e. The minimum Gasteiger partial charge on any atom is -0.466 e. The summed E-state index contributed by atoms with van der Waals surface area (Å²) in [6, 6.07) is 9.55. The molecule has 26 heavy (non-hydrogen) atoms. The van der Waals surface area contributed by atoms with Crippen LogP contribution in [0.2, 0.25) is 0 Å². The molecule has 0 amide bonds. The van der Waals surface area contributed by atoms with E-state index in [-0.39, 0.29) is 11.9 Å². The minimum absolute atomic E-state index is 0.312. The highest BCUT2D eigenvalue weighted by atomic mass is 16.5. The topological polar surface area (TPSA) is 78.9 Å². The van der Waals surface area contributed by atoms with Gasteiger partial charge in [0.15, 0.2) is 0 Å². The van der Waals surface area contributed by atoms with Gasteiger partial charge < -0.3 is 14.2 Å². The predicted octanol–water partition coefficient (Wildman–Crippen LogP) is 3.39. The Morgan fingerprint density at radius 1 is 0.923 bits per heavy atom. The van der Waals surface area contributed by atoms with E-state index >= 15 is 0 Å². The summed E-state index contributed by atoms with van der Waals surface area (Å²) in [6.45, 7) is 13.5. The van der Waals surface area contributed by atoms with E-state index in [9.17, 15) is 14.4 Å². The van der Waals surface area contributed by atoms with E-state index in [0.717, 1.165) is 11.6 Å². The average Bonchev–Trinajstić information content (AvgIpc) is 2.66. The van der Waals surface area contributed by atoms with Crippen LogP contribution in [0.15, 0.2) is 67.3 Å². The molecule has 0 aliphatic carbocycles. The second-order valence-electron chi connectivity index (χ2n) is 4.84.